The predicted octanol–water partition coefficient (Wildman–Crippen LogP) is 2.56. The Hall–Kier alpha value is -1.04. The molecule has 0 radical (unpaired) electrons. The van der Waals surface area contributed by atoms with Gasteiger partial charge in [-0.1, -0.05) is 65.3 Å². The van der Waals surface area contributed by atoms with Crippen molar-refractivity contribution in [2.75, 3.05) is 13.2 Å². The molecule has 4 aliphatic carbocycles. The summed E-state index contributed by atoms with van der Waals surface area (Å²) in [7, 11) is 0. The molecule has 324 valence electrons. The molecule has 2 aliphatic heterocycles. The van der Waals surface area contributed by atoms with E-state index in [-0.39, 0.29) is 41.4 Å². The zero-order valence-corrected chi connectivity index (χ0v) is 34.0. The minimum atomic E-state index is -1.79. The van der Waals surface area contributed by atoms with E-state index in [2.05, 4.69) is 67.5 Å². The SMILES string of the molecule is C.CC(C)=CC/C=C(/C)[C@H]1CC[C@]2(C)C1[C@H](O)CC1[C@@]3(C)C[C@@H](O)[C@H](OC4OC(CO)[C@@H](O)[C@H](O)[C@@H]4OC4OC(CO)[C@@H](O)[C@H](O)[C@@H]4O)C(C)(C)C3CC[C@]12C. The molecule has 0 bridgehead atoms. The third-order valence-electron chi connectivity index (χ3n) is 16.1. The van der Waals surface area contributed by atoms with Crippen LogP contribution in [0.5, 0.6) is 0 Å². The van der Waals surface area contributed by atoms with Gasteiger partial charge in [0.25, 0.3) is 0 Å². The fraction of sp³-hybridized carbons (Fsp3) is 0.907. The Morgan fingerprint density at radius 3 is 1.88 bits per heavy atom. The molecule has 4 saturated carbocycles. The minimum Gasteiger partial charge on any atom is -0.394 e. The highest BCUT2D eigenvalue weighted by Gasteiger charge is 2.71. The average molecular weight is 799 g/mol. The summed E-state index contributed by atoms with van der Waals surface area (Å²) in [4.78, 5) is 0. The summed E-state index contributed by atoms with van der Waals surface area (Å²) in [5, 5.41) is 97.6. The second-order valence-corrected chi connectivity index (χ2v) is 19.6. The second kappa shape index (κ2) is 16.8. The Labute approximate surface area is 333 Å². The number of aliphatic hydroxyl groups excluding tert-OH is 9. The molecule has 6 rings (SSSR count). The van der Waals surface area contributed by atoms with Crippen molar-refractivity contribution in [2.45, 2.75) is 187 Å². The van der Waals surface area contributed by atoms with E-state index in [1.54, 1.807) is 0 Å². The number of hydrogen-bond acceptors (Lipinski definition) is 13. The van der Waals surface area contributed by atoms with Crippen LogP contribution < -0.4 is 0 Å². The Bertz CT molecular complexity index is 1420. The topological polar surface area (TPSA) is 219 Å². The van der Waals surface area contributed by atoms with Crippen LogP contribution in [0.25, 0.3) is 0 Å². The van der Waals surface area contributed by atoms with Gasteiger partial charge in [-0.25, -0.2) is 0 Å². The van der Waals surface area contributed by atoms with Gasteiger partial charge in [-0.3, -0.25) is 0 Å². The molecule has 0 aromatic heterocycles. The monoisotopic (exact) mass is 799 g/mol. The lowest BCUT2D eigenvalue weighted by Crippen LogP contribution is -2.69. The largest absolute Gasteiger partial charge is 0.394 e. The van der Waals surface area contributed by atoms with Gasteiger partial charge in [-0.05, 0) is 111 Å². The molecule has 56 heavy (non-hydrogen) atoms. The van der Waals surface area contributed by atoms with Crippen LogP contribution in [-0.4, -0.2) is 139 Å². The van der Waals surface area contributed by atoms with Gasteiger partial charge in [0.05, 0.1) is 31.5 Å². The first-order valence-corrected chi connectivity index (χ1v) is 20.6. The first kappa shape index (κ1) is 46.0. The van der Waals surface area contributed by atoms with Crippen LogP contribution in [0.3, 0.4) is 0 Å². The maximum Gasteiger partial charge on any atom is 0.187 e. The molecular weight excluding hydrogens is 724 g/mol. The Morgan fingerprint density at radius 2 is 1.27 bits per heavy atom. The zero-order chi connectivity index (χ0) is 40.6. The van der Waals surface area contributed by atoms with Crippen LogP contribution in [-0.2, 0) is 18.9 Å². The fourth-order valence-electron chi connectivity index (χ4n) is 13.1. The van der Waals surface area contributed by atoms with Gasteiger partial charge in [0.2, 0.25) is 0 Å². The lowest BCUT2D eigenvalue weighted by atomic mass is 9.35. The Balaban J connectivity index is 0.00000600. The smallest absolute Gasteiger partial charge is 0.187 e. The summed E-state index contributed by atoms with van der Waals surface area (Å²) < 4.78 is 24.1. The van der Waals surface area contributed by atoms with Gasteiger partial charge in [0, 0.05) is 0 Å². The van der Waals surface area contributed by atoms with E-state index in [4.69, 9.17) is 18.9 Å². The van der Waals surface area contributed by atoms with E-state index in [9.17, 15) is 46.0 Å². The molecule has 6 aliphatic rings. The molecule has 0 aromatic rings. The molecule has 9 N–H and O–H groups in total. The molecule has 20 atom stereocenters. The number of aliphatic hydroxyl groups is 9. The summed E-state index contributed by atoms with van der Waals surface area (Å²) in [6.45, 7) is 16.3. The van der Waals surface area contributed by atoms with Crippen LogP contribution in [0, 0.1) is 45.3 Å². The first-order chi connectivity index (χ1) is 25.7. The van der Waals surface area contributed by atoms with Crippen LogP contribution >= 0.6 is 0 Å². The van der Waals surface area contributed by atoms with Crippen molar-refractivity contribution in [1.29, 1.82) is 0 Å². The minimum absolute atomic E-state index is 0. The summed E-state index contributed by atoms with van der Waals surface area (Å²) in [5.41, 5.74) is 1.45. The van der Waals surface area contributed by atoms with Crippen molar-refractivity contribution in [3.05, 3.63) is 23.3 Å². The number of allylic oxidation sites excluding steroid dienone is 4. The van der Waals surface area contributed by atoms with E-state index < -0.39 is 98.4 Å². The Morgan fingerprint density at radius 1 is 0.679 bits per heavy atom. The average Bonchev–Trinajstić information content (AvgIpc) is 3.49. The van der Waals surface area contributed by atoms with Crippen LogP contribution in [0.1, 0.15) is 108 Å². The number of fused-ring (bicyclic) bond motifs is 5. The van der Waals surface area contributed by atoms with E-state index >= 15 is 0 Å². The normalized spacial score (nSPS) is 51.6. The number of rotatable bonds is 9. The number of hydrogen-bond donors (Lipinski definition) is 9. The van der Waals surface area contributed by atoms with E-state index in [1.807, 2.05) is 0 Å². The maximum absolute atomic E-state index is 12.2. The van der Waals surface area contributed by atoms with E-state index in [1.165, 1.54) is 11.1 Å². The molecule has 6 fully saturated rings. The van der Waals surface area contributed by atoms with Crippen LogP contribution in [0.15, 0.2) is 23.3 Å². The van der Waals surface area contributed by atoms with Gasteiger partial charge in [0.1, 0.15) is 48.8 Å². The fourth-order valence-corrected chi connectivity index (χ4v) is 13.1. The quantitative estimate of drug-likeness (QED) is 0.121. The summed E-state index contributed by atoms with van der Waals surface area (Å²) in [6, 6.07) is 0. The molecule has 7 unspecified atom stereocenters. The molecule has 13 heteroatoms. The first-order valence-electron chi connectivity index (χ1n) is 20.6. The van der Waals surface area contributed by atoms with Crippen LogP contribution in [0.4, 0.5) is 0 Å². The third kappa shape index (κ3) is 7.40. The zero-order valence-electron chi connectivity index (χ0n) is 34.0. The number of ether oxygens (including phenoxy) is 4. The van der Waals surface area contributed by atoms with Crippen molar-refractivity contribution in [1.82, 2.24) is 0 Å². The van der Waals surface area contributed by atoms with Gasteiger partial charge in [-0.15, -0.1) is 0 Å². The van der Waals surface area contributed by atoms with Gasteiger partial charge >= 0.3 is 0 Å². The lowest BCUT2D eigenvalue weighted by molar-refractivity contribution is -0.383. The van der Waals surface area contributed by atoms with Crippen molar-refractivity contribution >= 4 is 0 Å². The second-order valence-electron chi connectivity index (χ2n) is 19.6. The highest BCUT2D eigenvalue weighted by molar-refractivity contribution is 5.23. The third-order valence-corrected chi connectivity index (χ3v) is 16.1. The van der Waals surface area contributed by atoms with E-state index in [0.717, 1.165) is 32.1 Å². The molecule has 2 saturated heterocycles. The molecule has 0 amide bonds. The summed E-state index contributed by atoms with van der Waals surface area (Å²) in [5.74, 6) is 0.659. The lowest BCUT2D eigenvalue weighted by Gasteiger charge is -2.71. The molecule has 2 heterocycles. The highest BCUT2D eigenvalue weighted by Crippen LogP contribution is 2.75. The van der Waals surface area contributed by atoms with E-state index in [0.29, 0.717) is 18.8 Å². The summed E-state index contributed by atoms with van der Waals surface area (Å²) >= 11 is 0. The van der Waals surface area contributed by atoms with Gasteiger partial charge < -0.3 is 64.9 Å². The van der Waals surface area contributed by atoms with Gasteiger partial charge in [0.15, 0.2) is 12.6 Å². The highest BCUT2D eigenvalue weighted by atomic mass is 16.8. The Kier molecular flexibility index (Phi) is 13.8. The maximum atomic E-state index is 12.2. The summed E-state index contributed by atoms with van der Waals surface area (Å²) in [6.07, 6.45) is -7.67. The molecule has 0 spiro atoms. The van der Waals surface area contributed by atoms with Crippen LogP contribution in [0.2, 0.25) is 0 Å². The van der Waals surface area contributed by atoms with Crippen molar-refractivity contribution < 1.29 is 64.9 Å². The van der Waals surface area contributed by atoms with Gasteiger partial charge in [-0.2, -0.15) is 0 Å². The van der Waals surface area contributed by atoms with Crippen molar-refractivity contribution in [3.63, 3.8) is 0 Å². The van der Waals surface area contributed by atoms with Crippen molar-refractivity contribution in [2.24, 2.45) is 45.3 Å². The van der Waals surface area contributed by atoms with Crippen molar-refractivity contribution in [3.8, 4) is 0 Å². The molecule has 13 nitrogen and oxygen atoms in total. The standard InChI is InChI=1S/C42H70O13.CH4/c1-20(2)10-9-11-21(3)22-12-14-42(8)29(22)23(45)16-28-40(6)17-24(46)36(39(4,5)27(40)13-15-41(28,42)7)55-38-35(33(50)31(48)26(19-44)53-38)54-37-34(51)32(49)30(47)25(18-43)52-37;/h10-11,22-38,43-51H,9,12-19H2,1-8H3;1H4/b21-11-;/t22-,23-,24-,25?,26?,27?,28?,29?,30-,31-,32+,33+,34+,35+,36+,37?,38?,40+,41-,42-;/m1./s1. The molecule has 0 aromatic carbocycles. The predicted molar refractivity (Wildman–Crippen MR) is 208 cm³/mol. The molecular formula is C43H74O13.